The van der Waals surface area contributed by atoms with Crippen LogP contribution in [0, 0.1) is 29.6 Å². The number of aromatic hydroxyl groups is 8. The molecule has 0 heterocycles. The van der Waals surface area contributed by atoms with Gasteiger partial charge < -0.3 is 46.0 Å². The van der Waals surface area contributed by atoms with E-state index in [1.807, 2.05) is 51.1 Å². The molecule has 0 amide bonds. The first-order valence-electron chi connectivity index (χ1n) is 40.0. The van der Waals surface area contributed by atoms with Crippen LogP contribution in [0.15, 0.2) is 168 Å². The molecule has 107 heavy (non-hydrogen) atoms. The molecule has 0 spiro atoms. The third kappa shape index (κ3) is 29.4. The predicted octanol–water partition coefficient (Wildman–Crippen LogP) is 26.5. The van der Waals surface area contributed by atoms with Crippen molar-refractivity contribution in [3.05, 3.63) is 213 Å². The molecule has 9 rings (SSSR count). The van der Waals surface area contributed by atoms with Crippen LogP contribution < -0.4 is 0 Å². The third-order valence-electron chi connectivity index (χ3n) is 22.2. The van der Waals surface area contributed by atoms with Crippen molar-refractivity contribution >= 4 is 7.54 Å². The number of phenolic OH excluding ortho intramolecular Hbond substituents is 8. The molecular weight excluding hydrogens is 1340 g/mol. The molecule has 10 atom stereocenters. The van der Waals surface area contributed by atoms with E-state index >= 15 is 0 Å². The number of aryl methyl sites for hydroxylation is 4. The van der Waals surface area contributed by atoms with Crippen LogP contribution in [0.25, 0.3) is 0 Å². The molecular formula is C94H136BF3O9. The van der Waals surface area contributed by atoms with Crippen molar-refractivity contribution in [1.29, 1.82) is 0 Å². The SMILES string of the molecule is C=C(C)[C@@H]1CCC(C)=CC1c1c(O)cc(CCCCC)cc1O.C=C(C)[C@@H]1CCC(C)=CC1c1c(O)cc(O)cc1CCCCC.C=C(C)[C@H]1C=C[C@@](C)(O)CC1.C=C(C)[C@H]1CCC(C)=CC1c1c(CCCCC)cc(O)c(C2C=C(C)CC[C@H]2C(=C)C)c1O.CCCCCc1cc(O)cc(O)c1.FB(F)F. The number of benzene rings is 4. The molecule has 0 aliphatic heterocycles. The van der Waals surface area contributed by atoms with Gasteiger partial charge in [-0.25, -0.2) is 0 Å². The van der Waals surface area contributed by atoms with Crippen LogP contribution in [-0.4, -0.2) is 59.1 Å². The first-order valence-corrected chi connectivity index (χ1v) is 40.0. The van der Waals surface area contributed by atoms with Crippen LogP contribution in [0.1, 0.15) is 306 Å². The van der Waals surface area contributed by atoms with E-state index in [0.29, 0.717) is 34.6 Å². The Kier molecular flexibility index (Phi) is 39.0. The lowest BCUT2D eigenvalue weighted by Crippen LogP contribution is -2.25. The average molecular weight is 1480 g/mol. The number of hydrogen-bond donors (Lipinski definition) is 9. The van der Waals surface area contributed by atoms with Crippen molar-refractivity contribution in [2.24, 2.45) is 29.6 Å². The van der Waals surface area contributed by atoms with Gasteiger partial charge in [-0.15, -0.1) is 0 Å². The minimum atomic E-state index is -3.67. The Morgan fingerprint density at radius 3 is 1.07 bits per heavy atom. The maximum atomic E-state index is 11.9. The van der Waals surface area contributed by atoms with Gasteiger partial charge in [-0.3, -0.25) is 12.9 Å². The van der Waals surface area contributed by atoms with E-state index in [4.69, 9.17) is 0 Å². The van der Waals surface area contributed by atoms with Crippen molar-refractivity contribution in [3.63, 3.8) is 0 Å². The van der Waals surface area contributed by atoms with E-state index < -0.39 is 13.1 Å². The van der Waals surface area contributed by atoms with Crippen molar-refractivity contribution < 1.29 is 58.9 Å². The Bertz CT molecular complexity index is 3690. The van der Waals surface area contributed by atoms with Gasteiger partial charge in [0.05, 0.1) is 5.60 Å². The van der Waals surface area contributed by atoms with Crippen LogP contribution in [0.2, 0.25) is 0 Å². The van der Waals surface area contributed by atoms with Gasteiger partial charge >= 0.3 is 7.54 Å². The van der Waals surface area contributed by atoms with Gasteiger partial charge in [0.15, 0.2) is 0 Å². The summed E-state index contributed by atoms with van der Waals surface area (Å²) in [6.45, 7) is 50.3. The first kappa shape index (κ1) is 91.9. The van der Waals surface area contributed by atoms with Crippen LogP contribution in [0.5, 0.6) is 46.0 Å². The van der Waals surface area contributed by atoms with Crippen molar-refractivity contribution in [2.75, 3.05) is 0 Å². The lowest BCUT2D eigenvalue weighted by atomic mass is 9.69. The lowest BCUT2D eigenvalue weighted by Gasteiger charge is -2.35. The van der Waals surface area contributed by atoms with E-state index in [0.717, 1.165) is 179 Å². The summed E-state index contributed by atoms with van der Waals surface area (Å²) in [5.74, 6) is 3.53. The van der Waals surface area contributed by atoms with E-state index in [9.17, 15) is 58.9 Å². The average Bonchev–Trinajstić information content (AvgIpc) is 0.765. The van der Waals surface area contributed by atoms with Crippen LogP contribution in [0.3, 0.4) is 0 Å². The van der Waals surface area contributed by atoms with Crippen LogP contribution >= 0.6 is 0 Å². The fourth-order valence-corrected chi connectivity index (χ4v) is 16.2. The quantitative estimate of drug-likeness (QED) is 0.0177. The zero-order valence-electron chi connectivity index (χ0n) is 67.9. The number of phenols is 8. The summed E-state index contributed by atoms with van der Waals surface area (Å²) in [4.78, 5) is 0. The van der Waals surface area contributed by atoms with Gasteiger partial charge in [-0.05, 0) is 273 Å². The normalized spacial score (nSPS) is 22.2. The topological polar surface area (TPSA) is 182 Å². The smallest absolute Gasteiger partial charge is 0.508 e. The maximum Gasteiger partial charge on any atom is 0.762 e. The van der Waals surface area contributed by atoms with Gasteiger partial charge in [-0.1, -0.05) is 199 Å². The number of hydrogen-bond acceptors (Lipinski definition) is 9. The second-order valence-electron chi connectivity index (χ2n) is 32.1. The van der Waals surface area contributed by atoms with Gasteiger partial charge in [0.1, 0.15) is 46.0 Å². The first-order chi connectivity index (χ1) is 50.5. The van der Waals surface area contributed by atoms with E-state index in [1.54, 1.807) is 12.1 Å². The molecule has 0 aromatic heterocycles. The molecule has 4 aromatic rings. The number of allylic oxidation sites excluding steroid dienone is 14. The van der Waals surface area contributed by atoms with Crippen LogP contribution in [0.4, 0.5) is 12.9 Å². The molecule has 13 heteroatoms. The summed E-state index contributed by atoms with van der Waals surface area (Å²) in [5.41, 5.74) is 18.1. The molecule has 4 aromatic carbocycles. The highest BCUT2D eigenvalue weighted by Crippen LogP contribution is 2.54. The fourth-order valence-electron chi connectivity index (χ4n) is 16.2. The van der Waals surface area contributed by atoms with Crippen molar-refractivity contribution in [2.45, 2.75) is 293 Å². The monoisotopic (exact) mass is 1480 g/mol. The zero-order valence-corrected chi connectivity index (χ0v) is 67.9. The molecule has 0 bridgehead atoms. The summed E-state index contributed by atoms with van der Waals surface area (Å²) >= 11 is 0. The Morgan fingerprint density at radius 1 is 0.402 bits per heavy atom. The van der Waals surface area contributed by atoms with Crippen LogP contribution in [-0.2, 0) is 25.7 Å². The summed E-state index contributed by atoms with van der Waals surface area (Å²) in [6, 6.07) is 13.7. The second-order valence-corrected chi connectivity index (χ2v) is 32.1. The molecule has 9 nitrogen and oxygen atoms in total. The predicted molar refractivity (Wildman–Crippen MR) is 445 cm³/mol. The highest BCUT2D eigenvalue weighted by atomic mass is 19.4. The highest BCUT2D eigenvalue weighted by molar-refractivity contribution is 6.33. The standard InChI is InChI=1S/C31H44O2.2C21H30O2.C11H16O2.C10H16O.BF3/c1-8-9-10-11-23-18-28(32)30(27-17-22(7)13-15-25(27)20(4)5)31(33)29(23)26-16-21(6)12-14-24(26)19(2)3;1-5-6-7-8-16-12-17(22)13-20(23)21(16)19-11-15(4)9-10-18(19)14(2)3;1-5-6-7-8-16-12-19(22)21(20(23)13-16)18-11-15(4)9-10-17(18)14(2)3;1-2-3-4-5-9-6-10(12)8-11(13)7-9;1-8(2)9-4-6-10(3,11)7-5-9;2-1(3)4/h16-18,24-27,32-33H,2,4,8-15H2,1,3,5-7H3;11-13,18-19,22-23H,2,5-10H2,1,3-4H3;11-13,17-18,22-23H,2,5-10H2,1,3-4H3;6-8,12-13H,2-5H2,1H3;4,6,9,11H,1,5,7H2,2-3H3;/t24-,25+,26?,27?;18-,19?;17-,18?;;9-,10+;/m100.0./s1. The summed E-state index contributed by atoms with van der Waals surface area (Å²) in [5, 5.41) is 92.7. The fraction of sp³-hybridized carbons (Fsp3) is 0.532. The van der Waals surface area contributed by atoms with Crippen molar-refractivity contribution in [1.82, 2.24) is 0 Å². The highest BCUT2D eigenvalue weighted by Gasteiger charge is 2.37. The Balaban J connectivity index is 0.000000292. The number of halogens is 3. The van der Waals surface area contributed by atoms with Gasteiger partial charge in [-0.2, -0.15) is 0 Å². The molecule has 5 aliphatic carbocycles. The second kappa shape index (κ2) is 45.5. The van der Waals surface area contributed by atoms with E-state index in [-0.39, 0.29) is 75.8 Å². The molecule has 0 radical (unpaired) electrons. The molecule has 590 valence electrons. The summed E-state index contributed by atoms with van der Waals surface area (Å²) < 4.78 is 29.0. The van der Waals surface area contributed by atoms with Gasteiger partial charge in [0.2, 0.25) is 0 Å². The molecule has 4 unspecified atom stereocenters. The molecule has 0 saturated heterocycles. The minimum absolute atomic E-state index is 0.0194. The molecule has 5 aliphatic rings. The minimum Gasteiger partial charge on any atom is -0.508 e. The third-order valence-corrected chi connectivity index (χ3v) is 22.2. The number of unbranched alkanes of at least 4 members (excludes halogenated alkanes) is 8. The zero-order chi connectivity index (χ0) is 80.0. The number of rotatable bonds is 25. The Morgan fingerprint density at radius 2 is 0.720 bits per heavy atom. The lowest BCUT2D eigenvalue weighted by molar-refractivity contribution is 0.0903. The Labute approximate surface area is 644 Å². The number of aliphatic hydroxyl groups is 1. The Hall–Kier alpha value is -7.51. The van der Waals surface area contributed by atoms with Crippen molar-refractivity contribution in [3.8, 4) is 46.0 Å². The summed E-state index contributed by atoms with van der Waals surface area (Å²) in [7, 11) is -3.67. The van der Waals surface area contributed by atoms with Gasteiger partial charge in [0, 0.05) is 58.1 Å². The maximum absolute atomic E-state index is 11.9. The molecule has 0 saturated carbocycles. The molecule has 0 fully saturated rings. The molecule has 9 N–H and O–H groups in total. The van der Waals surface area contributed by atoms with Gasteiger partial charge in [0.25, 0.3) is 0 Å². The van der Waals surface area contributed by atoms with E-state index in [1.165, 1.54) is 83.2 Å². The summed E-state index contributed by atoms with van der Waals surface area (Å²) in [6.07, 6.45) is 40.6. The van der Waals surface area contributed by atoms with E-state index in [2.05, 4.69) is 139 Å². The largest absolute Gasteiger partial charge is 0.762 e.